The molecule has 0 aromatic carbocycles. The van der Waals surface area contributed by atoms with Gasteiger partial charge in [-0.25, -0.2) is 4.79 Å². The third kappa shape index (κ3) is 6.01. The molecule has 0 saturated carbocycles. The SMILES string of the molecule is C[C@@H](O)C(C(=O)O)[C@@H]1NC(C(=O)OCOC(=O)C(C)(C)C)=C(SC2CN(C3=NCCS3)C2)[C@@H]1C. The normalized spacial score (nSPS) is 24.8. The summed E-state index contributed by atoms with van der Waals surface area (Å²) in [6.45, 7) is 10.2. The Bertz CT molecular complexity index is 878. The van der Waals surface area contributed by atoms with Gasteiger partial charge in [0.2, 0.25) is 6.79 Å². The minimum Gasteiger partial charge on any atom is -0.481 e. The number of ether oxygens (including phenoxy) is 2. The molecule has 3 heterocycles. The van der Waals surface area contributed by atoms with Crippen molar-refractivity contribution in [1.82, 2.24) is 10.2 Å². The summed E-state index contributed by atoms with van der Waals surface area (Å²) in [5.74, 6) is -2.84. The second-order valence-corrected chi connectivity index (χ2v) is 12.1. The fourth-order valence-corrected chi connectivity index (χ4v) is 6.30. The summed E-state index contributed by atoms with van der Waals surface area (Å²) in [7, 11) is 0. The number of nitrogens with one attached hydrogen (secondary N) is 1. The molecule has 0 radical (unpaired) electrons. The first-order chi connectivity index (χ1) is 15.9. The zero-order chi connectivity index (χ0) is 25.2. The Morgan fingerprint density at radius 2 is 1.97 bits per heavy atom. The molecule has 0 aromatic heterocycles. The Hall–Kier alpha value is -1.92. The van der Waals surface area contributed by atoms with Gasteiger partial charge in [-0.2, -0.15) is 0 Å². The highest BCUT2D eigenvalue weighted by Gasteiger charge is 2.46. The lowest BCUT2D eigenvalue weighted by Crippen LogP contribution is -2.51. The number of carbonyl (C=O) groups excluding carboxylic acids is 2. The summed E-state index contributed by atoms with van der Waals surface area (Å²) in [5, 5.41) is 24.0. The Labute approximate surface area is 207 Å². The maximum absolute atomic E-state index is 12.9. The van der Waals surface area contributed by atoms with Gasteiger partial charge in [-0.1, -0.05) is 18.7 Å². The van der Waals surface area contributed by atoms with E-state index in [-0.39, 0.29) is 16.9 Å². The number of carbonyl (C=O) groups is 3. The van der Waals surface area contributed by atoms with E-state index in [1.54, 1.807) is 32.5 Å². The number of carboxylic acid groups (broad SMARTS) is 1. The zero-order valence-corrected chi connectivity index (χ0v) is 21.7. The number of aliphatic carboxylic acids is 1. The molecule has 3 N–H and O–H groups in total. The van der Waals surface area contributed by atoms with Crippen LogP contribution >= 0.6 is 23.5 Å². The number of hydrogen-bond donors (Lipinski definition) is 3. The van der Waals surface area contributed by atoms with Gasteiger partial charge in [-0.05, 0) is 27.7 Å². The van der Waals surface area contributed by atoms with Crippen LogP contribution in [0.4, 0.5) is 0 Å². The summed E-state index contributed by atoms with van der Waals surface area (Å²) >= 11 is 3.25. The molecule has 0 spiro atoms. The lowest BCUT2D eigenvalue weighted by Gasteiger charge is -2.40. The van der Waals surface area contributed by atoms with Crippen LogP contribution in [-0.2, 0) is 23.9 Å². The number of likely N-dealkylation sites (tertiary alicyclic amines) is 1. The summed E-state index contributed by atoms with van der Waals surface area (Å²) in [6, 6.07) is -0.689. The molecule has 3 aliphatic rings. The van der Waals surface area contributed by atoms with Gasteiger partial charge in [-0.15, -0.1) is 11.8 Å². The average molecular weight is 516 g/mol. The van der Waals surface area contributed by atoms with Crippen LogP contribution in [0.2, 0.25) is 0 Å². The van der Waals surface area contributed by atoms with Crippen LogP contribution in [-0.4, -0.2) is 87.8 Å². The van der Waals surface area contributed by atoms with Gasteiger partial charge in [-0.3, -0.25) is 14.6 Å². The Balaban J connectivity index is 1.71. The number of aliphatic imine (C=N–C) groups is 1. The van der Waals surface area contributed by atoms with E-state index in [1.165, 1.54) is 18.7 Å². The molecule has 0 bridgehead atoms. The van der Waals surface area contributed by atoms with Gasteiger partial charge in [0, 0.05) is 41.0 Å². The summed E-state index contributed by atoms with van der Waals surface area (Å²) < 4.78 is 10.2. The van der Waals surface area contributed by atoms with E-state index in [0.29, 0.717) is 4.91 Å². The fourth-order valence-electron chi connectivity index (χ4n) is 3.93. The van der Waals surface area contributed by atoms with E-state index >= 15 is 0 Å². The first-order valence-electron chi connectivity index (χ1n) is 11.2. The van der Waals surface area contributed by atoms with E-state index in [0.717, 1.165) is 30.6 Å². The Morgan fingerprint density at radius 1 is 1.29 bits per heavy atom. The van der Waals surface area contributed by atoms with Gasteiger partial charge in [0.25, 0.3) is 0 Å². The molecule has 3 rings (SSSR count). The number of aliphatic hydroxyl groups is 1. The average Bonchev–Trinajstić information content (AvgIpc) is 3.32. The molecular formula is C22H33N3O7S2. The maximum atomic E-state index is 12.9. The van der Waals surface area contributed by atoms with Crippen molar-refractivity contribution in [1.29, 1.82) is 0 Å². The minimum absolute atomic E-state index is 0.159. The van der Waals surface area contributed by atoms with Crippen molar-refractivity contribution in [2.75, 3.05) is 32.2 Å². The van der Waals surface area contributed by atoms with Crippen molar-refractivity contribution in [2.45, 2.75) is 52.0 Å². The molecule has 10 nitrogen and oxygen atoms in total. The molecule has 1 fully saturated rings. The van der Waals surface area contributed by atoms with Crippen LogP contribution in [0, 0.1) is 17.3 Å². The Kier molecular flexibility index (Phi) is 8.46. The lowest BCUT2D eigenvalue weighted by atomic mass is 9.87. The molecule has 34 heavy (non-hydrogen) atoms. The monoisotopic (exact) mass is 515 g/mol. The fraction of sp³-hybridized carbons (Fsp3) is 0.727. The molecule has 0 amide bonds. The zero-order valence-electron chi connectivity index (χ0n) is 20.1. The van der Waals surface area contributed by atoms with Crippen molar-refractivity contribution in [3.05, 3.63) is 10.6 Å². The van der Waals surface area contributed by atoms with E-state index in [2.05, 4.69) is 15.2 Å². The first-order valence-corrected chi connectivity index (χ1v) is 13.1. The minimum atomic E-state index is -1.15. The summed E-state index contributed by atoms with van der Waals surface area (Å²) in [5.41, 5.74) is -0.575. The molecule has 0 aromatic rings. The van der Waals surface area contributed by atoms with Crippen molar-refractivity contribution in [3.63, 3.8) is 0 Å². The van der Waals surface area contributed by atoms with Crippen molar-refractivity contribution in [3.8, 4) is 0 Å². The van der Waals surface area contributed by atoms with Crippen molar-refractivity contribution >= 4 is 46.6 Å². The van der Waals surface area contributed by atoms with E-state index in [9.17, 15) is 24.6 Å². The predicted octanol–water partition coefficient (Wildman–Crippen LogP) is 1.50. The summed E-state index contributed by atoms with van der Waals surface area (Å²) in [4.78, 5) is 44.1. The van der Waals surface area contributed by atoms with E-state index in [4.69, 9.17) is 9.47 Å². The quantitative estimate of drug-likeness (QED) is 0.320. The first kappa shape index (κ1) is 26.7. The summed E-state index contributed by atoms with van der Waals surface area (Å²) in [6.07, 6.45) is -1.12. The standard InChI is InChI=1S/C22H33N3O7S2/c1-11-15(14(12(2)26)18(27)28)24-16(19(29)31-10-32-20(30)22(3,4)5)17(11)34-13-8-25(9-13)21-23-6-7-33-21/h11-15,24,26H,6-10H2,1-5H3,(H,27,28)/t11-,12-,14?,15-/m1/s1. The van der Waals surface area contributed by atoms with E-state index in [1.807, 2.05) is 6.92 Å². The topological polar surface area (TPSA) is 138 Å². The maximum Gasteiger partial charge on any atom is 0.358 e. The van der Waals surface area contributed by atoms with Crippen LogP contribution in [0.5, 0.6) is 0 Å². The van der Waals surface area contributed by atoms with Gasteiger partial charge in [0.1, 0.15) is 11.6 Å². The molecule has 3 aliphatic heterocycles. The van der Waals surface area contributed by atoms with Crippen LogP contribution in [0.15, 0.2) is 15.6 Å². The van der Waals surface area contributed by atoms with Crippen LogP contribution in [0.1, 0.15) is 34.6 Å². The van der Waals surface area contributed by atoms with Gasteiger partial charge < -0.3 is 29.9 Å². The third-order valence-corrected chi connectivity index (χ3v) is 8.37. The number of carboxylic acids is 1. The second-order valence-electron chi connectivity index (χ2n) is 9.69. The third-order valence-electron chi connectivity index (χ3n) is 5.88. The van der Waals surface area contributed by atoms with Crippen molar-refractivity contribution < 1.29 is 34.1 Å². The molecular weight excluding hydrogens is 482 g/mol. The molecule has 12 heteroatoms. The van der Waals surface area contributed by atoms with Crippen LogP contribution in [0.3, 0.4) is 0 Å². The smallest absolute Gasteiger partial charge is 0.358 e. The molecule has 0 aliphatic carbocycles. The van der Waals surface area contributed by atoms with Crippen LogP contribution < -0.4 is 5.32 Å². The second kappa shape index (κ2) is 10.8. The number of nitrogens with zero attached hydrogens (tertiary/aromatic N) is 2. The largest absolute Gasteiger partial charge is 0.481 e. The molecule has 190 valence electrons. The van der Waals surface area contributed by atoms with Crippen LogP contribution in [0.25, 0.3) is 0 Å². The van der Waals surface area contributed by atoms with Gasteiger partial charge in [0.05, 0.1) is 18.1 Å². The predicted molar refractivity (Wildman–Crippen MR) is 130 cm³/mol. The van der Waals surface area contributed by atoms with Gasteiger partial charge in [0.15, 0.2) is 5.17 Å². The number of thioether (sulfide) groups is 2. The number of hydrogen-bond acceptors (Lipinski definition) is 11. The number of amidine groups is 1. The molecule has 1 unspecified atom stereocenters. The molecule has 4 atom stereocenters. The highest BCUT2D eigenvalue weighted by atomic mass is 32.2. The highest BCUT2D eigenvalue weighted by molar-refractivity contribution is 8.14. The lowest BCUT2D eigenvalue weighted by molar-refractivity contribution is -0.171. The highest BCUT2D eigenvalue weighted by Crippen LogP contribution is 2.43. The molecule has 1 saturated heterocycles. The number of aliphatic hydroxyl groups excluding tert-OH is 1. The number of rotatable bonds is 8. The van der Waals surface area contributed by atoms with Crippen molar-refractivity contribution in [2.24, 2.45) is 22.2 Å². The number of esters is 2. The van der Waals surface area contributed by atoms with Gasteiger partial charge >= 0.3 is 17.9 Å². The Morgan fingerprint density at radius 3 is 2.50 bits per heavy atom. The van der Waals surface area contributed by atoms with E-state index < -0.39 is 48.2 Å².